The Hall–Kier alpha value is -2.73. The zero-order chi connectivity index (χ0) is 20.1. The lowest BCUT2D eigenvalue weighted by Crippen LogP contribution is -2.30. The first kappa shape index (κ1) is 20.0. The maximum atomic E-state index is 12.4. The van der Waals surface area contributed by atoms with Crippen LogP contribution in [0.5, 0.6) is 0 Å². The minimum atomic E-state index is -0.383. The number of hydrogen-bond acceptors (Lipinski definition) is 5. The number of fused-ring (bicyclic) bond motifs is 1. The molecule has 0 radical (unpaired) electrons. The Morgan fingerprint density at radius 3 is 2.75 bits per heavy atom. The highest BCUT2D eigenvalue weighted by Gasteiger charge is 2.23. The average molecular weight is 381 g/mol. The third-order valence-electron chi connectivity index (χ3n) is 4.80. The van der Waals surface area contributed by atoms with Crippen molar-refractivity contribution in [1.29, 1.82) is 0 Å². The van der Waals surface area contributed by atoms with Crippen LogP contribution in [0, 0.1) is 0 Å². The van der Waals surface area contributed by atoms with Gasteiger partial charge in [0, 0.05) is 13.3 Å². The second-order valence-corrected chi connectivity index (χ2v) is 7.58. The van der Waals surface area contributed by atoms with Gasteiger partial charge in [0.05, 0.1) is 35.9 Å². The summed E-state index contributed by atoms with van der Waals surface area (Å²) in [5, 5.41) is 3.02. The first-order valence-electron chi connectivity index (χ1n) is 9.43. The van der Waals surface area contributed by atoms with Crippen LogP contribution in [-0.4, -0.2) is 36.1 Å². The fourth-order valence-electron chi connectivity index (χ4n) is 2.92. The molecule has 2 aromatic rings. The number of ether oxygens (including phenoxy) is 2. The van der Waals surface area contributed by atoms with Crippen molar-refractivity contribution in [1.82, 2.24) is 10.3 Å². The number of nitrogens with zero attached hydrogens (tertiary/aromatic N) is 2. The highest BCUT2D eigenvalue weighted by Crippen LogP contribution is 2.21. The second-order valence-electron chi connectivity index (χ2n) is 7.58. The van der Waals surface area contributed by atoms with Gasteiger partial charge < -0.3 is 14.8 Å². The number of amides is 1. The molecule has 0 aliphatic carbocycles. The maximum absolute atomic E-state index is 12.4. The molecule has 6 nitrogen and oxygen atoms in total. The van der Waals surface area contributed by atoms with Gasteiger partial charge in [-0.2, -0.15) is 0 Å². The molecule has 1 aromatic carbocycles. The van der Waals surface area contributed by atoms with Gasteiger partial charge in [-0.1, -0.05) is 30.3 Å². The van der Waals surface area contributed by atoms with Crippen molar-refractivity contribution in [2.75, 3.05) is 13.7 Å². The number of methoxy groups -OCH3 is 1. The number of hydrogen-bond donors (Lipinski definition) is 1. The summed E-state index contributed by atoms with van der Waals surface area (Å²) >= 11 is 0. The number of benzene rings is 1. The van der Waals surface area contributed by atoms with Crippen LogP contribution in [0.15, 0.2) is 47.6 Å². The third kappa shape index (κ3) is 4.95. The molecular formula is C22H27N3O3. The molecule has 0 fully saturated rings. The largest absolute Gasteiger partial charge is 0.474 e. The van der Waals surface area contributed by atoms with Gasteiger partial charge >= 0.3 is 0 Å². The molecular weight excluding hydrogens is 354 g/mol. The Labute approximate surface area is 166 Å². The summed E-state index contributed by atoms with van der Waals surface area (Å²) in [4.78, 5) is 21.3. The second kappa shape index (κ2) is 8.52. The van der Waals surface area contributed by atoms with Crippen LogP contribution < -0.4 is 5.32 Å². The molecule has 3 rings (SSSR count). The van der Waals surface area contributed by atoms with Gasteiger partial charge in [-0.25, -0.2) is 4.99 Å². The van der Waals surface area contributed by atoms with E-state index in [4.69, 9.17) is 9.47 Å². The lowest BCUT2D eigenvalue weighted by atomic mass is 10.1. The minimum Gasteiger partial charge on any atom is -0.474 e. The van der Waals surface area contributed by atoms with Gasteiger partial charge in [-0.05, 0) is 38.0 Å². The summed E-state index contributed by atoms with van der Waals surface area (Å²) < 4.78 is 11.2. The van der Waals surface area contributed by atoms with Crippen LogP contribution in [0.25, 0.3) is 0 Å². The summed E-state index contributed by atoms with van der Waals surface area (Å²) in [5.41, 5.74) is 3.33. The molecule has 1 atom stereocenters. The lowest BCUT2D eigenvalue weighted by molar-refractivity contribution is -0.121. The molecule has 0 unspecified atom stereocenters. The van der Waals surface area contributed by atoms with E-state index in [-0.39, 0.29) is 24.0 Å². The summed E-state index contributed by atoms with van der Waals surface area (Å²) in [6.45, 7) is 6.83. The average Bonchev–Trinajstić information content (AvgIpc) is 3.09. The number of carbonyl (C=O) groups excluding carboxylic acids is 1. The first-order valence-corrected chi connectivity index (χ1v) is 9.43. The Morgan fingerprint density at radius 2 is 2.04 bits per heavy atom. The topological polar surface area (TPSA) is 72.8 Å². The molecule has 1 aliphatic heterocycles. The normalized spacial score (nSPS) is 14.2. The highest BCUT2D eigenvalue weighted by molar-refractivity contribution is 5.97. The molecule has 0 saturated heterocycles. The Balaban J connectivity index is 1.58. The number of pyridine rings is 1. The number of aromatic nitrogens is 1. The van der Waals surface area contributed by atoms with E-state index in [1.54, 1.807) is 13.3 Å². The molecule has 148 valence electrons. The molecule has 0 saturated carbocycles. The fraction of sp³-hybridized carbons (Fsp3) is 0.409. The third-order valence-corrected chi connectivity index (χ3v) is 4.80. The first-order chi connectivity index (χ1) is 13.4. The Kier molecular flexibility index (Phi) is 6.09. The predicted molar refractivity (Wildman–Crippen MR) is 108 cm³/mol. The standard InChI is InChI=1S/C22H27N3O3/c1-15(16-8-6-5-7-9-16)25-20(26)11-18-10-17-12-24-21(19(17)13-23-18)28-14-22(2,3)27-4/h5-10,13,15H,11-12,14H2,1-4H3,(H,25,26)/t15-/m1/s1. The van der Waals surface area contributed by atoms with E-state index in [2.05, 4.69) is 15.3 Å². The quantitative estimate of drug-likeness (QED) is 0.799. The summed E-state index contributed by atoms with van der Waals surface area (Å²) in [6, 6.07) is 11.8. The highest BCUT2D eigenvalue weighted by atomic mass is 16.5. The molecule has 1 N–H and O–H groups in total. The van der Waals surface area contributed by atoms with Crippen LogP contribution in [0.1, 0.15) is 49.2 Å². The van der Waals surface area contributed by atoms with Crippen molar-refractivity contribution in [2.45, 2.75) is 45.4 Å². The zero-order valence-electron chi connectivity index (χ0n) is 16.9. The summed E-state index contributed by atoms with van der Waals surface area (Å²) in [5.74, 6) is 0.530. The van der Waals surface area contributed by atoms with Crippen molar-refractivity contribution in [3.05, 3.63) is 65.0 Å². The van der Waals surface area contributed by atoms with Crippen molar-refractivity contribution < 1.29 is 14.3 Å². The van der Waals surface area contributed by atoms with E-state index in [0.29, 0.717) is 19.0 Å². The number of rotatable bonds is 7. The van der Waals surface area contributed by atoms with Crippen LogP contribution >= 0.6 is 0 Å². The summed E-state index contributed by atoms with van der Waals surface area (Å²) in [6.07, 6.45) is 1.97. The van der Waals surface area contributed by atoms with E-state index in [1.807, 2.05) is 57.2 Å². The molecule has 28 heavy (non-hydrogen) atoms. The number of carbonyl (C=O) groups is 1. The van der Waals surface area contributed by atoms with E-state index in [9.17, 15) is 4.79 Å². The molecule has 1 aliphatic rings. The molecule has 0 spiro atoms. The molecule has 1 aromatic heterocycles. The Bertz CT molecular complexity index is 863. The SMILES string of the molecule is COC(C)(C)COC1=NCc2cc(CC(=O)N[C@H](C)c3ccccc3)ncc21. The van der Waals surface area contributed by atoms with Crippen molar-refractivity contribution in [3.8, 4) is 0 Å². The minimum absolute atomic E-state index is 0.0457. The monoisotopic (exact) mass is 381 g/mol. The van der Waals surface area contributed by atoms with Crippen molar-refractivity contribution in [3.63, 3.8) is 0 Å². The van der Waals surface area contributed by atoms with Gasteiger partial charge in [-0.3, -0.25) is 9.78 Å². The number of aliphatic imine (C=N–C) groups is 1. The van der Waals surface area contributed by atoms with E-state index >= 15 is 0 Å². The van der Waals surface area contributed by atoms with Crippen LogP contribution in [0.2, 0.25) is 0 Å². The van der Waals surface area contributed by atoms with Gasteiger partial charge in [0.15, 0.2) is 0 Å². The van der Waals surface area contributed by atoms with E-state index < -0.39 is 0 Å². The van der Waals surface area contributed by atoms with Crippen LogP contribution in [-0.2, 0) is 27.2 Å². The van der Waals surface area contributed by atoms with Gasteiger partial charge in [0.2, 0.25) is 11.8 Å². The smallest absolute Gasteiger partial charge is 0.226 e. The van der Waals surface area contributed by atoms with Crippen LogP contribution in [0.4, 0.5) is 0 Å². The van der Waals surface area contributed by atoms with E-state index in [0.717, 1.165) is 22.4 Å². The lowest BCUT2D eigenvalue weighted by Gasteiger charge is -2.22. The van der Waals surface area contributed by atoms with Crippen LogP contribution in [0.3, 0.4) is 0 Å². The van der Waals surface area contributed by atoms with Gasteiger partial charge in [0.25, 0.3) is 0 Å². The molecule has 6 heteroatoms. The molecule has 2 heterocycles. The zero-order valence-corrected chi connectivity index (χ0v) is 16.9. The van der Waals surface area contributed by atoms with E-state index in [1.165, 1.54) is 0 Å². The Morgan fingerprint density at radius 1 is 1.29 bits per heavy atom. The number of nitrogens with one attached hydrogen (secondary N) is 1. The predicted octanol–water partition coefficient (Wildman–Crippen LogP) is 3.20. The maximum Gasteiger partial charge on any atom is 0.226 e. The van der Waals surface area contributed by atoms with Gasteiger partial charge in [0.1, 0.15) is 6.61 Å². The van der Waals surface area contributed by atoms with Gasteiger partial charge in [-0.15, -0.1) is 0 Å². The molecule has 0 bridgehead atoms. The molecule has 1 amide bonds. The van der Waals surface area contributed by atoms with Crippen molar-refractivity contribution in [2.24, 2.45) is 4.99 Å². The van der Waals surface area contributed by atoms with Crippen molar-refractivity contribution >= 4 is 11.8 Å². The fourth-order valence-corrected chi connectivity index (χ4v) is 2.92. The summed E-state index contributed by atoms with van der Waals surface area (Å²) in [7, 11) is 1.66.